The summed E-state index contributed by atoms with van der Waals surface area (Å²) in [6, 6.07) is 14.1. The van der Waals surface area contributed by atoms with Crippen LogP contribution in [-0.4, -0.2) is 18.5 Å². The summed E-state index contributed by atoms with van der Waals surface area (Å²) in [5, 5.41) is 6.29. The first-order valence-electron chi connectivity index (χ1n) is 7.97. The molecule has 1 amide bonds. The summed E-state index contributed by atoms with van der Waals surface area (Å²) in [5.41, 5.74) is 3.11. The molecule has 0 bridgehead atoms. The number of hydrogen-bond donors (Lipinski definition) is 2. The molecule has 25 heavy (non-hydrogen) atoms. The highest BCUT2D eigenvalue weighted by atomic mass is 127. The molecule has 0 aromatic heterocycles. The van der Waals surface area contributed by atoms with Gasteiger partial charge in [-0.3, -0.25) is 4.79 Å². The number of aryl methyl sites for hydroxylation is 1. The number of carbonyl (C=O) groups excluding carboxylic acids is 1. The van der Waals surface area contributed by atoms with Gasteiger partial charge in [-0.1, -0.05) is 36.9 Å². The maximum Gasteiger partial charge on any atom is 0.260 e. The monoisotopic (exact) mass is 466 g/mol. The lowest BCUT2D eigenvalue weighted by atomic mass is 10.1. The van der Waals surface area contributed by atoms with Crippen molar-refractivity contribution >= 4 is 52.0 Å². The lowest BCUT2D eigenvalue weighted by Gasteiger charge is -2.12. The number of amides is 1. The average Bonchev–Trinajstić information content (AvgIpc) is 2.95. The van der Waals surface area contributed by atoms with Gasteiger partial charge in [0, 0.05) is 5.69 Å². The zero-order chi connectivity index (χ0) is 17.8. The first kappa shape index (κ1) is 18.1. The zero-order valence-electron chi connectivity index (χ0n) is 14.0. The number of thioether (sulfide) groups is 1. The molecule has 1 aliphatic heterocycles. The van der Waals surface area contributed by atoms with Crippen LogP contribution >= 0.6 is 34.4 Å². The standard InChI is InChI=1S/C19H19IN2O2S/c1-3-12-4-7-14(8-5-12)21-19-22-18(23)17(25-19)11-13-6-9-16(24-2)15(20)10-13/h4-11,19,21H,3H2,1-2H3,(H,22,23)/b17-11-/t19-/m1/s1. The van der Waals surface area contributed by atoms with Gasteiger partial charge in [0.1, 0.15) is 5.75 Å². The van der Waals surface area contributed by atoms with E-state index in [1.54, 1.807) is 7.11 Å². The van der Waals surface area contributed by atoms with Crippen molar-refractivity contribution in [1.82, 2.24) is 5.32 Å². The van der Waals surface area contributed by atoms with Crippen LogP contribution in [-0.2, 0) is 11.2 Å². The highest BCUT2D eigenvalue weighted by Crippen LogP contribution is 2.31. The first-order valence-corrected chi connectivity index (χ1v) is 9.93. The molecule has 1 atom stereocenters. The number of halogens is 1. The lowest BCUT2D eigenvalue weighted by Crippen LogP contribution is -2.30. The molecular weight excluding hydrogens is 447 g/mol. The maximum absolute atomic E-state index is 12.2. The molecule has 0 radical (unpaired) electrons. The van der Waals surface area contributed by atoms with Gasteiger partial charge in [-0.2, -0.15) is 0 Å². The molecule has 2 N–H and O–H groups in total. The molecule has 1 heterocycles. The van der Waals surface area contributed by atoms with Crippen molar-refractivity contribution in [2.75, 3.05) is 12.4 Å². The van der Waals surface area contributed by atoms with Crippen LogP contribution in [0.3, 0.4) is 0 Å². The summed E-state index contributed by atoms with van der Waals surface area (Å²) >= 11 is 3.72. The fraction of sp³-hybridized carbons (Fsp3) is 0.211. The molecule has 130 valence electrons. The number of hydrogen-bond acceptors (Lipinski definition) is 4. The Morgan fingerprint density at radius 2 is 2.04 bits per heavy atom. The molecule has 0 spiro atoms. The van der Waals surface area contributed by atoms with E-state index in [9.17, 15) is 4.79 Å². The van der Waals surface area contributed by atoms with E-state index in [-0.39, 0.29) is 11.4 Å². The van der Waals surface area contributed by atoms with Crippen molar-refractivity contribution in [3.63, 3.8) is 0 Å². The summed E-state index contributed by atoms with van der Waals surface area (Å²) in [6.07, 6.45) is 2.92. The number of ether oxygens (including phenoxy) is 1. The van der Waals surface area contributed by atoms with Crippen LogP contribution in [0.5, 0.6) is 5.75 Å². The lowest BCUT2D eigenvalue weighted by molar-refractivity contribution is -0.116. The summed E-state index contributed by atoms with van der Waals surface area (Å²) < 4.78 is 6.29. The first-order chi connectivity index (χ1) is 12.1. The summed E-state index contributed by atoms with van der Waals surface area (Å²) in [5.74, 6) is 0.778. The number of rotatable bonds is 5. The van der Waals surface area contributed by atoms with Crippen LogP contribution in [0.4, 0.5) is 5.69 Å². The third-order valence-electron chi connectivity index (χ3n) is 3.86. The Bertz CT molecular complexity index is 806. The average molecular weight is 466 g/mol. The molecule has 1 saturated heterocycles. The van der Waals surface area contributed by atoms with Crippen LogP contribution in [0, 0.1) is 3.57 Å². The minimum absolute atomic E-state index is 0.0569. The molecule has 1 fully saturated rings. The minimum Gasteiger partial charge on any atom is -0.496 e. The SMILES string of the molecule is CCc1ccc(N[C@@H]2NC(=O)/C(=C/c3ccc(OC)c(I)c3)S2)cc1. The molecule has 2 aromatic rings. The van der Waals surface area contributed by atoms with E-state index in [0.717, 1.165) is 27.0 Å². The molecule has 2 aromatic carbocycles. The number of nitrogens with one attached hydrogen (secondary N) is 2. The van der Waals surface area contributed by atoms with E-state index >= 15 is 0 Å². The van der Waals surface area contributed by atoms with Crippen molar-refractivity contribution in [3.8, 4) is 5.75 Å². The summed E-state index contributed by atoms with van der Waals surface area (Å²) in [7, 11) is 1.65. The van der Waals surface area contributed by atoms with Crippen LogP contribution in [0.25, 0.3) is 6.08 Å². The Morgan fingerprint density at radius 3 is 2.68 bits per heavy atom. The normalized spacial score (nSPS) is 18.3. The molecule has 3 rings (SSSR count). The fourth-order valence-corrected chi connectivity index (χ4v) is 4.22. The van der Waals surface area contributed by atoms with Crippen LogP contribution < -0.4 is 15.4 Å². The van der Waals surface area contributed by atoms with E-state index in [2.05, 4.69) is 52.3 Å². The van der Waals surface area contributed by atoms with E-state index in [1.165, 1.54) is 17.3 Å². The third kappa shape index (κ3) is 4.49. The van der Waals surface area contributed by atoms with Crippen LogP contribution in [0.1, 0.15) is 18.1 Å². The zero-order valence-corrected chi connectivity index (χ0v) is 17.0. The Balaban J connectivity index is 1.70. The molecule has 1 aliphatic rings. The van der Waals surface area contributed by atoms with Crippen molar-refractivity contribution in [2.24, 2.45) is 0 Å². The van der Waals surface area contributed by atoms with Gasteiger partial charge in [0.05, 0.1) is 15.6 Å². The minimum atomic E-state index is -0.163. The molecular formula is C19H19IN2O2S. The van der Waals surface area contributed by atoms with E-state index in [4.69, 9.17) is 4.74 Å². The Kier molecular flexibility index (Phi) is 5.90. The Labute approximate surface area is 165 Å². The fourth-order valence-electron chi connectivity index (χ4n) is 2.48. The highest BCUT2D eigenvalue weighted by Gasteiger charge is 2.27. The number of methoxy groups -OCH3 is 1. The predicted molar refractivity (Wildman–Crippen MR) is 113 cm³/mol. The second kappa shape index (κ2) is 8.14. The van der Waals surface area contributed by atoms with E-state index in [0.29, 0.717) is 4.91 Å². The van der Waals surface area contributed by atoms with Gasteiger partial charge in [-0.15, -0.1) is 0 Å². The van der Waals surface area contributed by atoms with Gasteiger partial charge >= 0.3 is 0 Å². The molecule has 0 unspecified atom stereocenters. The molecule has 0 aliphatic carbocycles. The third-order valence-corrected chi connectivity index (χ3v) is 5.74. The number of carbonyl (C=O) groups is 1. The van der Waals surface area contributed by atoms with E-state index in [1.807, 2.05) is 36.4 Å². The van der Waals surface area contributed by atoms with Crippen LogP contribution in [0.15, 0.2) is 47.4 Å². The Hall–Kier alpha value is -1.67. The van der Waals surface area contributed by atoms with Gasteiger partial charge in [0.25, 0.3) is 5.91 Å². The number of benzene rings is 2. The topological polar surface area (TPSA) is 50.4 Å². The van der Waals surface area contributed by atoms with Gasteiger partial charge in [-0.05, 0) is 70.5 Å². The Morgan fingerprint density at radius 1 is 1.28 bits per heavy atom. The smallest absolute Gasteiger partial charge is 0.260 e. The van der Waals surface area contributed by atoms with Gasteiger partial charge in [-0.25, -0.2) is 0 Å². The van der Waals surface area contributed by atoms with Gasteiger partial charge in [0.15, 0.2) is 5.50 Å². The van der Waals surface area contributed by atoms with Gasteiger partial charge < -0.3 is 15.4 Å². The molecule has 0 saturated carbocycles. The predicted octanol–water partition coefficient (Wildman–Crippen LogP) is 4.46. The second-order valence-electron chi connectivity index (χ2n) is 5.57. The number of anilines is 1. The summed E-state index contributed by atoms with van der Waals surface area (Å²) in [6.45, 7) is 2.13. The van der Waals surface area contributed by atoms with Crippen molar-refractivity contribution < 1.29 is 9.53 Å². The second-order valence-corrected chi connectivity index (χ2v) is 7.88. The quantitative estimate of drug-likeness (QED) is 0.505. The molecule has 6 heteroatoms. The van der Waals surface area contributed by atoms with Crippen molar-refractivity contribution in [3.05, 3.63) is 62.1 Å². The molecule has 4 nitrogen and oxygen atoms in total. The highest BCUT2D eigenvalue weighted by molar-refractivity contribution is 14.1. The van der Waals surface area contributed by atoms with Gasteiger partial charge in [0.2, 0.25) is 0 Å². The summed E-state index contributed by atoms with van der Waals surface area (Å²) in [4.78, 5) is 12.9. The van der Waals surface area contributed by atoms with E-state index < -0.39 is 0 Å². The van der Waals surface area contributed by atoms with Crippen molar-refractivity contribution in [1.29, 1.82) is 0 Å². The van der Waals surface area contributed by atoms with Crippen molar-refractivity contribution in [2.45, 2.75) is 18.8 Å². The maximum atomic E-state index is 12.2. The largest absolute Gasteiger partial charge is 0.496 e. The van der Waals surface area contributed by atoms with Crippen LogP contribution in [0.2, 0.25) is 0 Å².